The molecule has 14 heteroatoms. The van der Waals surface area contributed by atoms with Gasteiger partial charge in [0.2, 0.25) is 6.10 Å². The number of hydrogen-bond acceptors (Lipinski definition) is 14. The molecule has 0 bridgehead atoms. The average molecular weight is 691 g/mol. The molecule has 270 valence electrons. The first-order valence-corrected chi connectivity index (χ1v) is 15.7. The summed E-state index contributed by atoms with van der Waals surface area (Å²) in [5.41, 5.74) is -6.04. The topological polar surface area (TPSA) is 192 Å². The van der Waals surface area contributed by atoms with E-state index in [9.17, 15) is 38.4 Å². The maximum absolute atomic E-state index is 14.7. The highest BCUT2D eigenvalue weighted by atomic mass is 16.6. The van der Waals surface area contributed by atoms with E-state index in [1.165, 1.54) is 52.8 Å². The van der Waals surface area contributed by atoms with Crippen LogP contribution in [-0.4, -0.2) is 83.0 Å². The number of carbonyl (C=O) groups is 8. The van der Waals surface area contributed by atoms with Gasteiger partial charge in [-0.2, -0.15) is 0 Å². The van der Waals surface area contributed by atoms with Crippen LogP contribution in [0.3, 0.4) is 0 Å². The standard InChI is InChI=1S/C35H46O14/c1-13-17(2)32(43)47-28-27(45-21(6)37)19(4)26(44-20(5)36)25-31(46-22(7)38)34(12,48-23(8)39)16-35(25,49-24(9)40)29(41)18(3)14-15-33(10,11)30(28)42/h13-15,18,25-28,31H,4,16H2,1-3,5-12H3/b15-14+,17-13+/t18-,25+,26+,27?,28-,31?,34?,35?/m1/s1. The molecule has 0 radical (unpaired) electrons. The van der Waals surface area contributed by atoms with Gasteiger partial charge in [-0.15, -0.1) is 0 Å². The van der Waals surface area contributed by atoms with Gasteiger partial charge in [0.1, 0.15) is 6.10 Å². The number of Topliss-reactive ketones (excluding diaryl/α,β-unsaturated/α-hetero) is 2. The highest BCUT2D eigenvalue weighted by Gasteiger charge is 2.72. The molecule has 1 saturated carbocycles. The fourth-order valence-corrected chi connectivity index (χ4v) is 6.35. The number of ether oxygens (including phenoxy) is 6. The first kappa shape index (κ1) is 40.6. The number of ketones is 2. The molecule has 2 aliphatic rings. The van der Waals surface area contributed by atoms with Gasteiger partial charge in [0.05, 0.1) is 5.92 Å². The molecular weight excluding hydrogens is 644 g/mol. The van der Waals surface area contributed by atoms with Gasteiger partial charge in [-0.25, -0.2) is 4.79 Å². The van der Waals surface area contributed by atoms with E-state index < -0.39 is 112 Å². The largest absolute Gasteiger partial charge is 0.458 e. The van der Waals surface area contributed by atoms with Gasteiger partial charge in [0.15, 0.2) is 35.0 Å². The third-order valence-corrected chi connectivity index (χ3v) is 8.51. The highest BCUT2D eigenvalue weighted by Crippen LogP contribution is 2.54. The minimum Gasteiger partial charge on any atom is -0.458 e. The van der Waals surface area contributed by atoms with E-state index in [-0.39, 0.29) is 5.57 Å². The van der Waals surface area contributed by atoms with Crippen molar-refractivity contribution in [3.63, 3.8) is 0 Å². The van der Waals surface area contributed by atoms with Crippen molar-refractivity contribution in [2.45, 2.75) is 118 Å². The maximum atomic E-state index is 14.7. The first-order valence-electron chi connectivity index (χ1n) is 15.7. The van der Waals surface area contributed by atoms with Crippen molar-refractivity contribution in [3.8, 4) is 0 Å². The molecule has 0 N–H and O–H groups in total. The molecule has 2 rings (SSSR count). The van der Waals surface area contributed by atoms with E-state index in [4.69, 9.17) is 28.4 Å². The van der Waals surface area contributed by atoms with Crippen LogP contribution in [0.2, 0.25) is 0 Å². The van der Waals surface area contributed by atoms with E-state index in [0.717, 1.165) is 34.6 Å². The van der Waals surface area contributed by atoms with E-state index >= 15 is 0 Å². The number of carbonyl (C=O) groups excluding carboxylic acids is 8. The molecule has 0 saturated heterocycles. The molecular formula is C35H46O14. The Hall–Kier alpha value is -4.62. The predicted octanol–water partition coefficient (Wildman–Crippen LogP) is 3.23. The van der Waals surface area contributed by atoms with Crippen molar-refractivity contribution in [2.75, 3.05) is 0 Å². The Kier molecular flexibility index (Phi) is 12.7. The van der Waals surface area contributed by atoms with Crippen LogP contribution in [0.4, 0.5) is 0 Å². The van der Waals surface area contributed by atoms with Crippen molar-refractivity contribution in [1.29, 1.82) is 0 Å². The number of hydrogen-bond donors (Lipinski definition) is 0. The van der Waals surface area contributed by atoms with Gasteiger partial charge in [-0.1, -0.05) is 31.7 Å². The van der Waals surface area contributed by atoms with Crippen LogP contribution in [0.5, 0.6) is 0 Å². The third kappa shape index (κ3) is 8.90. The van der Waals surface area contributed by atoms with Gasteiger partial charge in [-0.05, 0) is 34.6 Å². The predicted molar refractivity (Wildman–Crippen MR) is 170 cm³/mol. The molecule has 0 aromatic rings. The minimum absolute atomic E-state index is 0.104. The fraction of sp³-hybridized carbons (Fsp3) is 0.600. The molecule has 2 aliphatic carbocycles. The Labute approximate surface area is 285 Å². The Balaban J connectivity index is 3.23. The van der Waals surface area contributed by atoms with Crippen LogP contribution in [-0.2, 0) is 66.8 Å². The SMILES string of the molecule is C=C1C(OC(C)=O)[C@@H](OC(=O)/C(C)=C/C)C(=O)C(C)(C)/C=C/[C@@H](C)C(=O)C2(OC(C)=O)CC(C)(OC(C)=O)C(OC(C)=O)[C@@H]2[C@H]1OC(C)=O. The lowest BCUT2D eigenvalue weighted by Crippen LogP contribution is -2.58. The molecule has 8 atom stereocenters. The Morgan fingerprint density at radius 3 is 1.71 bits per heavy atom. The lowest BCUT2D eigenvalue weighted by atomic mass is 9.72. The summed E-state index contributed by atoms with van der Waals surface area (Å²) >= 11 is 0. The van der Waals surface area contributed by atoms with E-state index in [2.05, 4.69) is 6.58 Å². The number of fused-ring (bicyclic) bond motifs is 1. The lowest BCUT2D eigenvalue weighted by Gasteiger charge is -2.42. The van der Waals surface area contributed by atoms with Gasteiger partial charge in [0.25, 0.3) is 0 Å². The molecule has 4 unspecified atom stereocenters. The van der Waals surface area contributed by atoms with Crippen LogP contribution in [0.15, 0.2) is 36.0 Å². The monoisotopic (exact) mass is 690 g/mol. The molecule has 0 aliphatic heterocycles. The maximum Gasteiger partial charge on any atom is 0.334 e. The zero-order valence-electron chi connectivity index (χ0n) is 29.8. The second-order valence-electron chi connectivity index (χ2n) is 13.2. The Morgan fingerprint density at radius 2 is 1.24 bits per heavy atom. The summed E-state index contributed by atoms with van der Waals surface area (Å²) in [6.07, 6.45) is -3.71. The number of rotatable bonds is 7. The van der Waals surface area contributed by atoms with Crippen LogP contribution >= 0.6 is 0 Å². The van der Waals surface area contributed by atoms with E-state index in [0.29, 0.717) is 0 Å². The average Bonchev–Trinajstić information content (AvgIpc) is 3.19. The summed E-state index contributed by atoms with van der Waals surface area (Å²) in [7, 11) is 0. The fourth-order valence-electron chi connectivity index (χ4n) is 6.35. The summed E-state index contributed by atoms with van der Waals surface area (Å²) in [5, 5.41) is 0. The third-order valence-electron chi connectivity index (χ3n) is 8.51. The zero-order valence-corrected chi connectivity index (χ0v) is 29.8. The van der Waals surface area contributed by atoms with Crippen molar-refractivity contribution < 1.29 is 66.8 Å². The molecule has 0 spiro atoms. The molecule has 0 heterocycles. The van der Waals surface area contributed by atoms with Crippen LogP contribution in [0.25, 0.3) is 0 Å². The van der Waals surface area contributed by atoms with Crippen molar-refractivity contribution >= 4 is 47.4 Å². The van der Waals surface area contributed by atoms with E-state index in [1.807, 2.05) is 0 Å². The van der Waals surface area contributed by atoms with E-state index in [1.54, 1.807) is 6.92 Å². The van der Waals surface area contributed by atoms with Crippen molar-refractivity contribution in [3.05, 3.63) is 36.0 Å². The van der Waals surface area contributed by atoms with Crippen LogP contribution < -0.4 is 0 Å². The molecule has 0 amide bonds. The molecule has 0 aromatic carbocycles. The normalized spacial score (nSPS) is 32.3. The van der Waals surface area contributed by atoms with Gasteiger partial charge < -0.3 is 28.4 Å². The van der Waals surface area contributed by atoms with Gasteiger partial charge >= 0.3 is 35.8 Å². The van der Waals surface area contributed by atoms with Gasteiger partial charge in [-0.3, -0.25) is 33.6 Å². The van der Waals surface area contributed by atoms with Crippen LogP contribution in [0, 0.1) is 17.3 Å². The Bertz CT molecular complexity index is 1480. The summed E-state index contributed by atoms with van der Waals surface area (Å²) < 4.78 is 34.3. The minimum atomic E-state index is -2.36. The number of esters is 6. The Morgan fingerprint density at radius 1 is 0.735 bits per heavy atom. The second kappa shape index (κ2) is 15.3. The first-order chi connectivity index (χ1) is 22.4. The van der Waals surface area contributed by atoms with Crippen molar-refractivity contribution in [1.82, 2.24) is 0 Å². The smallest absolute Gasteiger partial charge is 0.334 e. The zero-order chi connectivity index (χ0) is 37.8. The molecule has 14 nitrogen and oxygen atoms in total. The summed E-state index contributed by atoms with van der Waals surface area (Å²) in [4.78, 5) is 106. The lowest BCUT2D eigenvalue weighted by molar-refractivity contribution is -0.191. The molecule has 1 fully saturated rings. The van der Waals surface area contributed by atoms with Gasteiger partial charge in [0, 0.05) is 63.5 Å². The summed E-state index contributed by atoms with van der Waals surface area (Å²) in [6, 6.07) is 0. The summed E-state index contributed by atoms with van der Waals surface area (Å²) in [6.45, 7) is 17.9. The van der Waals surface area contributed by atoms with Crippen LogP contribution in [0.1, 0.15) is 82.6 Å². The molecule has 49 heavy (non-hydrogen) atoms. The van der Waals surface area contributed by atoms with Crippen molar-refractivity contribution in [2.24, 2.45) is 17.3 Å². The summed E-state index contributed by atoms with van der Waals surface area (Å²) in [5.74, 6) is -10.1. The number of allylic oxidation sites excluding steroid dienone is 3. The highest BCUT2D eigenvalue weighted by molar-refractivity contribution is 5.97. The molecule has 0 aromatic heterocycles. The quantitative estimate of drug-likeness (QED) is 0.164. The second-order valence-corrected chi connectivity index (χ2v) is 13.2.